The Kier molecular flexibility index (Phi) is 3.31. The molecule has 2 atom stereocenters. The molecule has 1 aliphatic heterocycles. The highest BCUT2D eigenvalue weighted by Gasteiger charge is 2.22. The maximum Gasteiger partial charge on any atom is 0.337 e. The first-order valence-corrected chi connectivity index (χ1v) is 5.99. The van der Waals surface area contributed by atoms with E-state index in [0.717, 1.165) is 18.8 Å². The Bertz CT molecular complexity index is 410. The van der Waals surface area contributed by atoms with Crippen molar-refractivity contribution in [2.45, 2.75) is 20.3 Å². The van der Waals surface area contributed by atoms with Crippen LogP contribution >= 0.6 is 0 Å². The second-order valence-electron chi connectivity index (χ2n) is 5.09. The molecule has 0 aliphatic carbocycles. The molecule has 17 heavy (non-hydrogen) atoms. The van der Waals surface area contributed by atoms with Crippen molar-refractivity contribution in [1.82, 2.24) is 4.98 Å². The van der Waals surface area contributed by atoms with Gasteiger partial charge in [0, 0.05) is 19.3 Å². The van der Waals surface area contributed by atoms with E-state index in [9.17, 15) is 4.79 Å². The van der Waals surface area contributed by atoms with Gasteiger partial charge < -0.3 is 10.0 Å². The second kappa shape index (κ2) is 4.73. The molecular weight excluding hydrogens is 216 g/mol. The number of carboxylic acids is 1. The molecule has 1 aromatic rings. The minimum Gasteiger partial charge on any atom is -0.478 e. The molecule has 1 aromatic heterocycles. The molecule has 2 rings (SSSR count). The Morgan fingerprint density at radius 2 is 2.00 bits per heavy atom. The molecule has 1 saturated heterocycles. The van der Waals surface area contributed by atoms with Gasteiger partial charge in [-0.2, -0.15) is 0 Å². The number of nitrogens with zero attached hydrogens (tertiary/aromatic N) is 2. The van der Waals surface area contributed by atoms with Gasteiger partial charge in [-0.15, -0.1) is 0 Å². The number of piperidine rings is 1. The summed E-state index contributed by atoms with van der Waals surface area (Å²) < 4.78 is 0. The normalized spacial score (nSPS) is 24.7. The number of pyridine rings is 1. The molecule has 0 saturated carbocycles. The summed E-state index contributed by atoms with van der Waals surface area (Å²) in [7, 11) is 0. The van der Waals surface area contributed by atoms with Gasteiger partial charge in [0.2, 0.25) is 0 Å². The number of anilines is 1. The van der Waals surface area contributed by atoms with Crippen molar-refractivity contribution < 1.29 is 9.90 Å². The predicted octanol–water partition coefficient (Wildman–Crippen LogP) is 2.26. The lowest BCUT2D eigenvalue weighted by atomic mass is 9.91. The van der Waals surface area contributed by atoms with Crippen molar-refractivity contribution in [3.8, 4) is 0 Å². The molecule has 0 aromatic carbocycles. The summed E-state index contributed by atoms with van der Waals surface area (Å²) in [6.45, 7) is 6.43. The Morgan fingerprint density at radius 1 is 1.35 bits per heavy atom. The summed E-state index contributed by atoms with van der Waals surface area (Å²) in [5.74, 6) is 0.372. The van der Waals surface area contributed by atoms with E-state index in [0.29, 0.717) is 11.8 Å². The van der Waals surface area contributed by atoms with Gasteiger partial charge in [-0.25, -0.2) is 4.79 Å². The SMILES string of the molecule is C[C@H]1C[C@H](C)CN(c2cncc(C(=O)O)c2)C1. The van der Waals surface area contributed by atoms with Gasteiger partial charge in [0.25, 0.3) is 0 Å². The predicted molar refractivity (Wildman–Crippen MR) is 66.4 cm³/mol. The monoisotopic (exact) mass is 234 g/mol. The van der Waals surface area contributed by atoms with Crippen LogP contribution in [0, 0.1) is 11.8 Å². The van der Waals surface area contributed by atoms with Crippen LogP contribution in [0.3, 0.4) is 0 Å². The molecule has 0 amide bonds. The first kappa shape index (κ1) is 11.9. The first-order valence-electron chi connectivity index (χ1n) is 5.99. The Morgan fingerprint density at radius 3 is 2.59 bits per heavy atom. The molecule has 4 heteroatoms. The van der Waals surface area contributed by atoms with Gasteiger partial charge in [0.1, 0.15) is 0 Å². The number of hydrogen-bond donors (Lipinski definition) is 1. The minimum absolute atomic E-state index is 0.258. The van der Waals surface area contributed by atoms with Gasteiger partial charge in [0.15, 0.2) is 0 Å². The number of aromatic carboxylic acids is 1. The lowest BCUT2D eigenvalue weighted by Crippen LogP contribution is -2.38. The van der Waals surface area contributed by atoms with Gasteiger partial charge in [-0.05, 0) is 24.3 Å². The molecule has 4 nitrogen and oxygen atoms in total. The first-order chi connectivity index (χ1) is 8.06. The zero-order valence-corrected chi connectivity index (χ0v) is 10.3. The number of hydrogen-bond acceptors (Lipinski definition) is 3. The summed E-state index contributed by atoms with van der Waals surface area (Å²) >= 11 is 0. The van der Waals surface area contributed by atoms with Crippen LogP contribution in [0.2, 0.25) is 0 Å². The van der Waals surface area contributed by atoms with E-state index in [2.05, 4.69) is 23.7 Å². The van der Waals surface area contributed by atoms with Gasteiger partial charge >= 0.3 is 5.97 Å². The molecule has 2 heterocycles. The highest BCUT2D eigenvalue weighted by Crippen LogP contribution is 2.26. The van der Waals surface area contributed by atoms with Crippen LogP contribution in [-0.2, 0) is 0 Å². The molecule has 1 aliphatic rings. The van der Waals surface area contributed by atoms with Gasteiger partial charge in [0.05, 0.1) is 17.4 Å². The number of aromatic nitrogens is 1. The third kappa shape index (κ3) is 2.75. The Labute approximate surface area is 101 Å². The van der Waals surface area contributed by atoms with E-state index < -0.39 is 5.97 Å². The van der Waals surface area contributed by atoms with Crippen LogP contribution in [0.15, 0.2) is 18.5 Å². The summed E-state index contributed by atoms with van der Waals surface area (Å²) in [4.78, 5) is 17.1. The summed E-state index contributed by atoms with van der Waals surface area (Å²) in [5.41, 5.74) is 1.18. The van der Waals surface area contributed by atoms with Crippen molar-refractivity contribution in [2.24, 2.45) is 11.8 Å². The average Bonchev–Trinajstić information content (AvgIpc) is 2.28. The zero-order valence-electron chi connectivity index (χ0n) is 10.3. The third-order valence-corrected chi connectivity index (χ3v) is 3.20. The molecule has 92 valence electrons. The van der Waals surface area contributed by atoms with Crippen LogP contribution in [-0.4, -0.2) is 29.1 Å². The average molecular weight is 234 g/mol. The molecule has 1 fully saturated rings. The molecule has 0 radical (unpaired) electrons. The maximum absolute atomic E-state index is 10.9. The minimum atomic E-state index is -0.919. The summed E-state index contributed by atoms with van der Waals surface area (Å²) in [6.07, 6.45) is 4.38. The third-order valence-electron chi connectivity index (χ3n) is 3.20. The van der Waals surface area contributed by atoms with E-state index in [4.69, 9.17) is 5.11 Å². The fraction of sp³-hybridized carbons (Fsp3) is 0.538. The lowest BCUT2D eigenvalue weighted by molar-refractivity contribution is 0.0696. The van der Waals surface area contributed by atoms with Crippen LogP contribution in [0.4, 0.5) is 5.69 Å². The van der Waals surface area contributed by atoms with Crippen molar-refractivity contribution in [1.29, 1.82) is 0 Å². The zero-order chi connectivity index (χ0) is 12.4. The molecular formula is C13H18N2O2. The van der Waals surface area contributed by atoms with Crippen LogP contribution in [0.5, 0.6) is 0 Å². The molecule has 0 unspecified atom stereocenters. The topological polar surface area (TPSA) is 53.4 Å². The van der Waals surface area contributed by atoms with Crippen LogP contribution < -0.4 is 4.90 Å². The van der Waals surface area contributed by atoms with E-state index in [-0.39, 0.29) is 5.56 Å². The second-order valence-corrected chi connectivity index (χ2v) is 5.09. The van der Waals surface area contributed by atoms with Crippen LogP contribution in [0.1, 0.15) is 30.6 Å². The summed E-state index contributed by atoms with van der Waals surface area (Å²) in [5, 5.41) is 8.95. The quantitative estimate of drug-likeness (QED) is 0.852. The number of carbonyl (C=O) groups is 1. The van der Waals surface area contributed by atoms with Crippen molar-refractivity contribution in [3.05, 3.63) is 24.0 Å². The number of carboxylic acid groups (broad SMARTS) is 1. The highest BCUT2D eigenvalue weighted by atomic mass is 16.4. The molecule has 0 spiro atoms. The van der Waals surface area contributed by atoms with Crippen LogP contribution in [0.25, 0.3) is 0 Å². The van der Waals surface area contributed by atoms with E-state index in [1.807, 2.05) is 0 Å². The standard InChI is InChI=1S/C13H18N2O2/c1-9-3-10(2)8-15(7-9)12-4-11(13(16)17)5-14-6-12/h4-6,9-10H,3,7-8H2,1-2H3,(H,16,17)/t9-,10-/m0/s1. The van der Waals surface area contributed by atoms with Crippen molar-refractivity contribution in [3.63, 3.8) is 0 Å². The van der Waals surface area contributed by atoms with Crippen molar-refractivity contribution in [2.75, 3.05) is 18.0 Å². The highest BCUT2D eigenvalue weighted by molar-refractivity contribution is 5.88. The lowest BCUT2D eigenvalue weighted by Gasteiger charge is -2.36. The van der Waals surface area contributed by atoms with E-state index >= 15 is 0 Å². The van der Waals surface area contributed by atoms with E-state index in [1.165, 1.54) is 12.6 Å². The Hall–Kier alpha value is -1.58. The van der Waals surface area contributed by atoms with Gasteiger partial charge in [-0.3, -0.25) is 4.98 Å². The maximum atomic E-state index is 10.9. The fourth-order valence-corrected chi connectivity index (χ4v) is 2.59. The number of rotatable bonds is 2. The smallest absolute Gasteiger partial charge is 0.337 e. The largest absolute Gasteiger partial charge is 0.478 e. The summed E-state index contributed by atoms with van der Waals surface area (Å²) in [6, 6.07) is 1.71. The molecule has 1 N–H and O–H groups in total. The molecule has 0 bridgehead atoms. The van der Waals surface area contributed by atoms with Crippen molar-refractivity contribution >= 4 is 11.7 Å². The Balaban J connectivity index is 2.21. The fourth-order valence-electron chi connectivity index (χ4n) is 2.59. The van der Waals surface area contributed by atoms with E-state index in [1.54, 1.807) is 12.3 Å². The van der Waals surface area contributed by atoms with Gasteiger partial charge in [-0.1, -0.05) is 13.8 Å².